The van der Waals surface area contributed by atoms with Crippen molar-refractivity contribution in [2.45, 2.75) is 31.8 Å². The maximum atomic E-state index is 9.62. The molecule has 1 fully saturated rings. The zero-order chi connectivity index (χ0) is 13.8. The Morgan fingerprint density at radius 1 is 1.37 bits per heavy atom. The fourth-order valence-electron chi connectivity index (χ4n) is 2.59. The third-order valence-electron chi connectivity index (χ3n) is 3.91. The van der Waals surface area contributed by atoms with Crippen LogP contribution in [-0.2, 0) is 0 Å². The lowest BCUT2D eigenvalue weighted by Gasteiger charge is -2.31. The molecule has 1 aliphatic rings. The van der Waals surface area contributed by atoms with Crippen molar-refractivity contribution in [2.24, 2.45) is 0 Å². The van der Waals surface area contributed by atoms with Crippen LogP contribution in [0, 0.1) is 0 Å². The smallest absolute Gasteiger partial charge is 0.160 e. The minimum atomic E-state index is 0.192. The van der Waals surface area contributed by atoms with Crippen LogP contribution in [0.5, 0.6) is 11.5 Å². The van der Waals surface area contributed by atoms with Crippen LogP contribution in [0.15, 0.2) is 18.2 Å². The molecular weight excluding hydrogens is 240 g/mol. The topological polar surface area (TPSA) is 44.7 Å². The van der Waals surface area contributed by atoms with Gasteiger partial charge in [-0.1, -0.05) is 6.07 Å². The van der Waals surface area contributed by atoms with Gasteiger partial charge in [-0.25, -0.2) is 0 Å². The number of aromatic hydroxyl groups is 1. The van der Waals surface area contributed by atoms with Crippen molar-refractivity contribution in [2.75, 3.05) is 27.2 Å². The highest BCUT2D eigenvalue weighted by Gasteiger charge is 2.19. The van der Waals surface area contributed by atoms with E-state index in [9.17, 15) is 5.11 Å². The molecular formula is C15H24N2O2. The summed E-state index contributed by atoms with van der Waals surface area (Å²) in [6, 6.07) is 6.39. The van der Waals surface area contributed by atoms with Gasteiger partial charge < -0.3 is 20.1 Å². The molecule has 1 aliphatic heterocycles. The Hall–Kier alpha value is -1.26. The molecule has 4 nitrogen and oxygen atoms in total. The number of hydrogen-bond acceptors (Lipinski definition) is 4. The standard InChI is InChI=1S/C15H24N2O2/c1-11(16-13-6-8-17(2)9-7-13)12-4-5-14(18)15(10-12)19-3/h4-5,10-11,13,16,18H,6-9H2,1-3H3. The molecule has 1 unspecified atom stereocenters. The summed E-state index contributed by atoms with van der Waals surface area (Å²) in [5, 5.41) is 13.3. The van der Waals surface area contributed by atoms with Gasteiger partial charge in [-0.15, -0.1) is 0 Å². The maximum absolute atomic E-state index is 9.62. The molecule has 1 aromatic rings. The van der Waals surface area contributed by atoms with Gasteiger partial charge in [-0.2, -0.15) is 0 Å². The number of phenols is 1. The van der Waals surface area contributed by atoms with Crippen LogP contribution in [0.25, 0.3) is 0 Å². The van der Waals surface area contributed by atoms with E-state index < -0.39 is 0 Å². The number of benzene rings is 1. The normalized spacial score (nSPS) is 19.3. The summed E-state index contributed by atoms with van der Waals surface area (Å²) in [5.41, 5.74) is 1.15. The third kappa shape index (κ3) is 3.61. The van der Waals surface area contributed by atoms with E-state index in [1.54, 1.807) is 13.2 Å². The van der Waals surface area contributed by atoms with Crippen LogP contribution < -0.4 is 10.1 Å². The largest absolute Gasteiger partial charge is 0.504 e. The van der Waals surface area contributed by atoms with Crippen LogP contribution >= 0.6 is 0 Å². The van der Waals surface area contributed by atoms with E-state index in [0.29, 0.717) is 11.8 Å². The first-order valence-electron chi connectivity index (χ1n) is 6.91. The summed E-state index contributed by atoms with van der Waals surface area (Å²) < 4.78 is 5.16. The highest BCUT2D eigenvalue weighted by molar-refractivity contribution is 5.42. The molecule has 4 heteroatoms. The molecule has 1 aromatic carbocycles. The second-order valence-corrected chi connectivity index (χ2v) is 5.40. The molecule has 0 amide bonds. The highest BCUT2D eigenvalue weighted by atomic mass is 16.5. The van der Waals surface area contributed by atoms with E-state index in [2.05, 4.69) is 24.2 Å². The van der Waals surface area contributed by atoms with Gasteiger partial charge in [0.25, 0.3) is 0 Å². The average Bonchev–Trinajstić information content (AvgIpc) is 2.42. The molecule has 1 atom stereocenters. The van der Waals surface area contributed by atoms with Gasteiger partial charge in [-0.05, 0) is 57.6 Å². The number of ether oxygens (including phenoxy) is 1. The van der Waals surface area contributed by atoms with Crippen LogP contribution in [0.2, 0.25) is 0 Å². The predicted molar refractivity (Wildman–Crippen MR) is 76.7 cm³/mol. The van der Waals surface area contributed by atoms with Crippen molar-refractivity contribution >= 4 is 0 Å². The van der Waals surface area contributed by atoms with E-state index in [4.69, 9.17) is 4.74 Å². The Morgan fingerprint density at radius 2 is 2.05 bits per heavy atom. The molecule has 19 heavy (non-hydrogen) atoms. The first kappa shape index (κ1) is 14.2. The van der Waals surface area contributed by atoms with Gasteiger partial charge >= 0.3 is 0 Å². The molecule has 0 radical (unpaired) electrons. The van der Waals surface area contributed by atoms with Crippen molar-refractivity contribution < 1.29 is 9.84 Å². The Bertz CT molecular complexity index is 415. The average molecular weight is 264 g/mol. The maximum Gasteiger partial charge on any atom is 0.160 e. The number of likely N-dealkylation sites (tertiary alicyclic amines) is 1. The van der Waals surface area contributed by atoms with E-state index in [1.807, 2.05) is 12.1 Å². The summed E-state index contributed by atoms with van der Waals surface area (Å²) in [6.07, 6.45) is 2.38. The minimum Gasteiger partial charge on any atom is -0.504 e. The summed E-state index contributed by atoms with van der Waals surface area (Å²) in [4.78, 5) is 2.37. The zero-order valence-corrected chi connectivity index (χ0v) is 12.0. The second kappa shape index (κ2) is 6.26. The molecule has 0 spiro atoms. The van der Waals surface area contributed by atoms with Crippen LogP contribution in [0.4, 0.5) is 0 Å². The van der Waals surface area contributed by atoms with Gasteiger partial charge in [0.15, 0.2) is 11.5 Å². The van der Waals surface area contributed by atoms with E-state index in [1.165, 1.54) is 12.8 Å². The fraction of sp³-hybridized carbons (Fsp3) is 0.600. The molecule has 2 rings (SSSR count). The number of nitrogens with one attached hydrogen (secondary N) is 1. The number of piperidine rings is 1. The van der Waals surface area contributed by atoms with E-state index >= 15 is 0 Å². The van der Waals surface area contributed by atoms with Gasteiger partial charge in [0, 0.05) is 12.1 Å². The van der Waals surface area contributed by atoms with Gasteiger partial charge in [0.05, 0.1) is 7.11 Å². The van der Waals surface area contributed by atoms with E-state index in [-0.39, 0.29) is 11.8 Å². The van der Waals surface area contributed by atoms with Crippen molar-refractivity contribution in [3.8, 4) is 11.5 Å². The minimum absolute atomic E-state index is 0.192. The van der Waals surface area contributed by atoms with Gasteiger partial charge in [0.2, 0.25) is 0 Å². The van der Waals surface area contributed by atoms with Crippen LogP contribution in [-0.4, -0.2) is 43.3 Å². The van der Waals surface area contributed by atoms with Crippen molar-refractivity contribution in [1.29, 1.82) is 0 Å². The Balaban J connectivity index is 1.97. The number of hydrogen-bond donors (Lipinski definition) is 2. The molecule has 1 heterocycles. The summed E-state index contributed by atoms with van der Waals surface area (Å²) >= 11 is 0. The van der Waals surface area contributed by atoms with Crippen LogP contribution in [0.1, 0.15) is 31.4 Å². The molecule has 0 aromatic heterocycles. The number of phenolic OH excluding ortho intramolecular Hbond substituents is 1. The SMILES string of the molecule is COc1cc(C(C)NC2CCN(C)CC2)ccc1O. The van der Waals surface area contributed by atoms with Gasteiger partial charge in [0.1, 0.15) is 0 Å². The zero-order valence-electron chi connectivity index (χ0n) is 12.0. The predicted octanol–water partition coefficient (Wildman–Crippen LogP) is 2.15. The first-order valence-corrected chi connectivity index (χ1v) is 6.91. The lowest BCUT2D eigenvalue weighted by atomic mass is 10.0. The molecule has 2 N–H and O–H groups in total. The van der Waals surface area contributed by atoms with Crippen molar-refractivity contribution in [1.82, 2.24) is 10.2 Å². The molecule has 1 saturated heterocycles. The van der Waals surface area contributed by atoms with E-state index in [0.717, 1.165) is 18.7 Å². The quantitative estimate of drug-likeness (QED) is 0.874. The Kier molecular flexibility index (Phi) is 4.66. The molecule has 0 bridgehead atoms. The van der Waals surface area contributed by atoms with Crippen LogP contribution in [0.3, 0.4) is 0 Å². The second-order valence-electron chi connectivity index (χ2n) is 5.40. The number of nitrogens with zero attached hydrogens (tertiary/aromatic N) is 1. The Labute approximate surface area is 115 Å². The molecule has 0 saturated carbocycles. The van der Waals surface area contributed by atoms with Crippen molar-refractivity contribution in [3.63, 3.8) is 0 Å². The lowest BCUT2D eigenvalue weighted by molar-refractivity contribution is 0.226. The van der Waals surface area contributed by atoms with Crippen molar-refractivity contribution in [3.05, 3.63) is 23.8 Å². The highest BCUT2D eigenvalue weighted by Crippen LogP contribution is 2.29. The molecule has 106 valence electrons. The monoisotopic (exact) mass is 264 g/mol. The lowest BCUT2D eigenvalue weighted by Crippen LogP contribution is -2.41. The van der Waals surface area contributed by atoms with Gasteiger partial charge in [-0.3, -0.25) is 0 Å². The molecule has 0 aliphatic carbocycles. The summed E-state index contributed by atoms with van der Waals surface area (Å²) in [5.74, 6) is 0.729. The first-order chi connectivity index (χ1) is 9.10. The summed E-state index contributed by atoms with van der Waals surface area (Å²) in [7, 11) is 3.75. The summed E-state index contributed by atoms with van der Waals surface area (Å²) in [6.45, 7) is 4.47. The number of methoxy groups -OCH3 is 1. The fourth-order valence-corrected chi connectivity index (χ4v) is 2.59. The number of rotatable bonds is 4. The Morgan fingerprint density at radius 3 is 2.68 bits per heavy atom. The third-order valence-corrected chi connectivity index (χ3v) is 3.91.